The number of phenols is 1. The molecule has 4 atom stereocenters. The average molecular weight is 371 g/mol. The molecule has 1 saturated heterocycles. The molecule has 0 spiro atoms. The Labute approximate surface area is 153 Å². The summed E-state index contributed by atoms with van der Waals surface area (Å²) in [5, 5.41) is 39.2. The van der Waals surface area contributed by atoms with Gasteiger partial charge in [0, 0.05) is 11.8 Å². The van der Waals surface area contributed by atoms with Gasteiger partial charge in [-0.15, -0.1) is 0 Å². The van der Waals surface area contributed by atoms with Gasteiger partial charge in [0.25, 0.3) is 0 Å². The average Bonchev–Trinajstić information content (AvgIpc) is 3.23. The molecule has 0 unspecified atom stereocenters. The maximum absolute atomic E-state index is 10.2. The first kappa shape index (κ1) is 17.5. The molecule has 2 aromatic heterocycles. The van der Waals surface area contributed by atoms with Gasteiger partial charge in [-0.05, 0) is 12.1 Å². The molecule has 3 aromatic rings. The number of aromatic nitrogens is 4. The second-order valence-electron chi connectivity index (χ2n) is 6.07. The third kappa shape index (κ3) is 3.04. The van der Waals surface area contributed by atoms with Crippen LogP contribution in [-0.4, -0.2) is 71.1 Å². The molecule has 0 saturated carbocycles. The van der Waals surface area contributed by atoms with Crippen molar-refractivity contribution in [2.24, 2.45) is 4.99 Å². The van der Waals surface area contributed by atoms with Crippen LogP contribution in [0.3, 0.4) is 0 Å². The number of para-hydroxylation sites is 1. The Morgan fingerprint density at radius 1 is 1.15 bits per heavy atom. The van der Waals surface area contributed by atoms with Crippen molar-refractivity contribution in [2.75, 3.05) is 6.61 Å². The summed E-state index contributed by atoms with van der Waals surface area (Å²) in [5.41, 5.74) is 1.23. The molecule has 1 aliphatic heterocycles. The highest BCUT2D eigenvalue weighted by Crippen LogP contribution is 2.32. The number of hydrogen-bond donors (Lipinski definition) is 4. The predicted octanol–water partition coefficient (Wildman–Crippen LogP) is -0.106. The molecule has 10 nitrogen and oxygen atoms in total. The zero-order valence-corrected chi connectivity index (χ0v) is 14.0. The number of fused-ring (bicyclic) bond motifs is 1. The highest BCUT2D eigenvalue weighted by molar-refractivity contribution is 5.89. The number of aliphatic imine (C=N–C) groups is 1. The molecule has 1 aromatic carbocycles. The Kier molecular flexibility index (Phi) is 4.54. The summed E-state index contributed by atoms with van der Waals surface area (Å²) in [6.45, 7) is -0.424. The van der Waals surface area contributed by atoms with E-state index in [2.05, 4.69) is 19.9 Å². The SMILES string of the molecule is OC[C@H]1O[C@@H](n2cnc3c(N=Cc4ccccc4O)ncnc32)[C@H](O)[C@@H]1O. The lowest BCUT2D eigenvalue weighted by Gasteiger charge is -2.16. The molecule has 10 heteroatoms. The van der Waals surface area contributed by atoms with Crippen LogP contribution < -0.4 is 0 Å². The minimum atomic E-state index is -1.25. The summed E-state index contributed by atoms with van der Waals surface area (Å²) in [5.74, 6) is 0.359. The van der Waals surface area contributed by atoms with E-state index in [4.69, 9.17) is 4.74 Å². The van der Waals surface area contributed by atoms with Gasteiger partial charge in [0.1, 0.15) is 30.4 Å². The number of phenolic OH excluding ortho intramolecular Hbond substituents is 1. The van der Waals surface area contributed by atoms with Gasteiger partial charge in [0.2, 0.25) is 0 Å². The Hall–Kier alpha value is -2.92. The molecule has 3 heterocycles. The number of aliphatic hydroxyl groups is 3. The Balaban J connectivity index is 1.69. The second-order valence-corrected chi connectivity index (χ2v) is 6.07. The molecule has 140 valence electrons. The molecule has 27 heavy (non-hydrogen) atoms. The van der Waals surface area contributed by atoms with Crippen molar-refractivity contribution < 1.29 is 25.2 Å². The van der Waals surface area contributed by atoms with Crippen molar-refractivity contribution in [1.82, 2.24) is 19.5 Å². The van der Waals surface area contributed by atoms with Gasteiger partial charge >= 0.3 is 0 Å². The smallest absolute Gasteiger partial charge is 0.183 e. The number of hydrogen-bond acceptors (Lipinski definition) is 9. The van der Waals surface area contributed by atoms with Crippen molar-refractivity contribution in [1.29, 1.82) is 0 Å². The van der Waals surface area contributed by atoms with E-state index >= 15 is 0 Å². The highest BCUT2D eigenvalue weighted by atomic mass is 16.6. The van der Waals surface area contributed by atoms with E-state index in [-0.39, 0.29) is 11.6 Å². The molecule has 1 fully saturated rings. The number of rotatable bonds is 4. The molecule has 0 bridgehead atoms. The largest absolute Gasteiger partial charge is 0.507 e. The quantitative estimate of drug-likeness (QED) is 0.465. The van der Waals surface area contributed by atoms with Crippen molar-refractivity contribution in [3.05, 3.63) is 42.5 Å². The van der Waals surface area contributed by atoms with Crippen LogP contribution in [0, 0.1) is 0 Å². The summed E-state index contributed by atoms with van der Waals surface area (Å²) in [6.07, 6.45) is -0.170. The number of ether oxygens (including phenoxy) is 1. The van der Waals surface area contributed by atoms with Crippen LogP contribution in [0.1, 0.15) is 11.8 Å². The lowest BCUT2D eigenvalue weighted by Crippen LogP contribution is -2.33. The lowest BCUT2D eigenvalue weighted by molar-refractivity contribution is -0.0511. The summed E-state index contributed by atoms with van der Waals surface area (Å²) >= 11 is 0. The predicted molar refractivity (Wildman–Crippen MR) is 93.7 cm³/mol. The monoisotopic (exact) mass is 371 g/mol. The number of aliphatic hydroxyl groups excluding tert-OH is 3. The van der Waals surface area contributed by atoms with Crippen LogP contribution in [0.25, 0.3) is 11.2 Å². The fourth-order valence-corrected chi connectivity index (χ4v) is 2.96. The zero-order chi connectivity index (χ0) is 19.0. The fourth-order valence-electron chi connectivity index (χ4n) is 2.96. The fraction of sp³-hybridized carbons (Fsp3) is 0.294. The van der Waals surface area contributed by atoms with Gasteiger partial charge in [-0.2, -0.15) is 0 Å². The highest BCUT2D eigenvalue weighted by Gasteiger charge is 2.44. The van der Waals surface area contributed by atoms with Gasteiger partial charge in [-0.25, -0.2) is 19.9 Å². The molecule has 0 amide bonds. The topological polar surface area (TPSA) is 146 Å². The van der Waals surface area contributed by atoms with E-state index < -0.39 is 31.1 Å². The molecule has 0 aliphatic carbocycles. The Morgan fingerprint density at radius 2 is 1.96 bits per heavy atom. The van der Waals surface area contributed by atoms with E-state index in [1.165, 1.54) is 23.4 Å². The van der Waals surface area contributed by atoms with Crippen LogP contribution in [0.15, 0.2) is 41.9 Å². The van der Waals surface area contributed by atoms with Gasteiger partial charge in [0.05, 0.1) is 12.9 Å². The Morgan fingerprint density at radius 3 is 2.70 bits per heavy atom. The van der Waals surface area contributed by atoms with Crippen molar-refractivity contribution in [3.63, 3.8) is 0 Å². The Bertz CT molecular complexity index is 991. The van der Waals surface area contributed by atoms with Gasteiger partial charge < -0.3 is 25.2 Å². The summed E-state index contributed by atoms with van der Waals surface area (Å²) < 4.78 is 6.97. The van der Waals surface area contributed by atoms with Crippen molar-refractivity contribution in [2.45, 2.75) is 24.5 Å². The standard InChI is InChI=1S/C17H17N5O5/c23-6-11-13(25)14(26)17(27-11)22-8-21-12-15(19-7-20-16(12)22)18-5-9-3-1-2-4-10(9)24/h1-5,7-8,11,13-14,17,23-26H,6H2/t11-,13-,14-,17-/m1/s1. The molecular formula is C17H17N5O5. The molecule has 4 rings (SSSR count). The van der Waals surface area contributed by atoms with Gasteiger partial charge in [-0.1, -0.05) is 12.1 Å². The minimum absolute atomic E-state index is 0.0867. The normalized spacial score (nSPS) is 25.6. The van der Waals surface area contributed by atoms with Gasteiger partial charge in [-0.3, -0.25) is 4.57 Å². The number of nitrogens with zero attached hydrogens (tertiary/aromatic N) is 5. The maximum atomic E-state index is 10.2. The number of benzene rings is 1. The molecule has 1 aliphatic rings. The molecule has 4 N–H and O–H groups in total. The first-order chi connectivity index (χ1) is 13.1. The van der Waals surface area contributed by atoms with E-state index in [0.717, 1.165) is 0 Å². The van der Waals surface area contributed by atoms with Crippen LogP contribution in [0.5, 0.6) is 5.75 Å². The first-order valence-electron chi connectivity index (χ1n) is 8.22. The van der Waals surface area contributed by atoms with Gasteiger partial charge in [0.15, 0.2) is 23.2 Å². The van der Waals surface area contributed by atoms with Crippen molar-refractivity contribution in [3.8, 4) is 5.75 Å². The van der Waals surface area contributed by atoms with E-state index in [1.54, 1.807) is 24.3 Å². The summed E-state index contributed by atoms with van der Waals surface area (Å²) in [6, 6.07) is 6.73. The van der Waals surface area contributed by atoms with Crippen LogP contribution in [0.2, 0.25) is 0 Å². The maximum Gasteiger partial charge on any atom is 0.183 e. The minimum Gasteiger partial charge on any atom is -0.507 e. The molecular weight excluding hydrogens is 354 g/mol. The lowest BCUT2D eigenvalue weighted by atomic mass is 10.1. The summed E-state index contributed by atoms with van der Waals surface area (Å²) in [4.78, 5) is 16.8. The van der Waals surface area contributed by atoms with Crippen LogP contribution in [-0.2, 0) is 4.74 Å². The van der Waals surface area contributed by atoms with E-state index in [0.29, 0.717) is 16.7 Å². The van der Waals surface area contributed by atoms with E-state index in [9.17, 15) is 20.4 Å². The van der Waals surface area contributed by atoms with Crippen molar-refractivity contribution >= 4 is 23.2 Å². The third-order valence-corrected chi connectivity index (χ3v) is 4.39. The van der Waals surface area contributed by atoms with E-state index in [1.807, 2.05) is 0 Å². The second kappa shape index (κ2) is 7.00. The number of imidazole rings is 1. The molecule has 0 radical (unpaired) electrons. The number of aromatic hydroxyl groups is 1. The van der Waals surface area contributed by atoms with Crippen LogP contribution in [0.4, 0.5) is 5.82 Å². The zero-order valence-electron chi connectivity index (χ0n) is 14.0. The summed E-state index contributed by atoms with van der Waals surface area (Å²) in [7, 11) is 0. The first-order valence-corrected chi connectivity index (χ1v) is 8.22. The third-order valence-electron chi connectivity index (χ3n) is 4.39. The van der Waals surface area contributed by atoms with Crippen LogP contribution >= 0.6 is 0 Å².